The molecule has 0 saturated heterocycles. The highest BCUT2D eigenvalue weighted by atomic mass is 19.1. The van der Waals surface area contributed by atoms with E-state index in [0.717, 1.165) is 11.1 Å². The zero-order valence-corrected chi connectivity index (χ0v) is 10.1. The van der Waals surface area contributed by atoms with E-state index in [0.29, 0.717) is 5.56 Å². The maximum atomic E-state index is 13.6. The normalized spacial score (nSPS) is 14.4. The van der Waals surface area contributed by atoms with Crippen molar-refractivity contribution in [3.63, 3.8) is 0 Å². The van der Waals surface area contributed by atoms with Crippen LogP contribution in [0.2, 0.25) is 0 Å². The topological polar surface area (TPSA) is 26.0 Å². The monoisotopic (exact) mass is 229 g/mol. The van der Waals surface area contributed by atoms with Gasteiger partial charge in [0.2, 0.25) is 0 Å². The highest BCUT2D eigenvalue weighted by Gasteiger charge is 2.23. The molecule has 0 aromatic heterocycles. The van der Waals surface area contributed by atoms with Crippen molar-refractivity contribution in [2.45, 2.75) is 19.4 Å². The van der Waals surface area contributed by atoms with Crippen LogP contribution in [0.1, 0.15) is 23.6 Å². The third kappa shape index (κ3) is 2.22. The van der Waals surface area contributed by atoms with Gasteiger partial charge in [-0.3, -0.25) is 0 Å². The van der Waals surface area contributed by atoms with Crippen LogP contribution in [-0.4, -0.2) is 0 Å². The first-order valence-electron chi connectivity index (χ1n) is 5.63. The lowest BCUT2D eigenvalue weighted by Crippen LogP contribution is -2.34. The molecule has 1 atom stereocenters. The predicted molar refractivity (Wildman–Crippen MR) is 68.2 cm³/mol. The molecular formula is C15H16FN. The summed E-state index contributed by atoms with van der Waals surface area (Å²) in [5, 5.41) is 0. The van der Waals surface area contributed by atoms with Crippen LogP contribution in [0.15, 0.2) is 48.5 Å². The molecule has 2 aromatic rings. The summed E-state index contributed by atoms with van der Waals surface area (Å²) in [7, 11) is 0. The van der Waals surface area contributed by atoms with Gasteiger partial charge in [-0.25, -0.2) is 4.39 Å². The Kier molecular flexibility index (Phi) is 2.99. The van der Waals surface area contributed by atoms with Gasteiger partial charge >= 0.3 is 0 Å². The molecule has 0 radical (unpaired) electrons. The van der Waals surface area contributed by atoms with E-state index in [1.54, 1.807) is 13.0 Å². The highest BCUT2D eigenvalue weighted by molar-refractivity contribution is 5.38. The van der Waals surface area contributed by atoms with Crippen molar-refractivity contribution in [1.82, 2.24) is 0 Å². The molecule has 88 valence electrons. The Labute approximate surface area is 101 Å². The van der Waals surface area contributed by atoms with Crippen LogP contribution in [0.25, 0.3) is 0 Å². The van der Waals surface area contributed by atoms with Crippen molar-refractivity contribution in [3.8, 4) is 0 Å². The van der Waals surface area contributed by atoms with E-state index in [2.05, 4.69) is 0 Å². The van der Waals surface area contributed by atoms with Gasteiger partial charge in [-0.1, -0.05) is 42.5 Å². The molecule has 1 unspecified atom stereocenters. The predicted octanol–water partition coefficient (Wildman–Crippen LogP) is 3.36. The second-order valence-electron chi connectivity index (χ2n) is 4.53. The van der Waals surface area contributed by atoms with Crippen molar-refractivity contribution in [2.24, 2.45) is 5.73 Å². The molecule has 1 nitrogen and oxygen atoms in total. The molecule has 0 fully saturated rings. The summed E-state index contributed by atoms with van der Waals surface area (Å²) in [6, 6.07) is 14.9. The van der Waals surface area contributed by atoms with Gasteiger partial charge in [0, 0.05) is 0 Å². The zero-order valence-electron chi connectivity index (χ0n) is 10.1. The number of aryl methyl sites for hydroxylation is 1. The molecule has 0 amide bonds. The molecule has 0 heterocycles. The molecule has 17 heavy (non-hydrogen) atoms. The van der Waals surface area contributed by atoms with Crippen LogP contribution in [0.5, 0.6) is 0 Å². The Hall–Kier alpha value is -1.67. The Morgan fingerprint density at radius 1 is 1.00 bits per heavy atom. The third-order valence-corrected chi connectivity index (χ3v) is 3.14. The molecule has 0 saturated carbocycles. The van der Waals surface area contributed by atoms with Crippen molar-refractivity contribution < 1.29 is 4.39 Å². The van der Waals surface area contributed by atoms with E-state index in [1.165, 1.54) is 6.07 Å². The molecule has 0 spiro atoms. The lowest BCUT2D eigenvalue weighted by Gasteiger charge is -2.26. The fourth-order valence-electron chi connectivity index (χ4n) is 1.87. The van der Waals surface area contributed by atoms with Crippen LogP contribution in [0.3, 0.4) is 0 Å². The second-order valence-corrected chi connectivity index (χ2v) is 4.53. The van der Waals surface area contributed by atoms with Gasteiger partial charge in [0.05, 0.1) is 5.54 Å². The van der Waals surface area contributed by atoms with E-state index in [9.17, 15) is 4.39 Å². The van der Waals surface area contributed by atoms with Crippen molar-refractivity contribution in [1.29, 1.82) is 0 Å². The highest BCUT2D eigenvalue weighted by Crippen LogP contribution is 2.27. The van der Waals surface area contributed by atoms with Crippen LogP contribution in [-0.2, 0) is 5.54 Å². The molecule has 2 heteroatoms. The Morgan fingerprint density at radius 2 is 1.65 bits per heavy atom. The largest absolute Gasteiger partial charge is 0.318 e. The molecule has 0 aliphatic heterocycles. The first kappa shape index (κ1) is 11.8. The number of halogens is 1. The minimum absolute atomic E-state index is 0.213. The van der Waals surface area contributed by atoms with Gasteiger partial charge in [-0.05, 0) is 36.6 Å². The number of hydrogen-bond donors (Lipinski definition) is 1. The van der Waals surface area contributed by atoms with E-state index in [1.807, 2.05) is 43.3 Å². The van der Waals surface area contributed by atoms with Gasteiger partial charge in [-0.2, -0.15) is 0 Å². The first-order chi connectivity index (χ1) is 8.01. The number of benzene rings is 2. The average Bonchev–Trinajstić information content (AvgIpc) is 2.33. The number of nitrogens with two attached hydrogens (primary N) is 1. The summed E-state index contributed by atoms with van der Waals surface area (Å²) < 4.78 is 13.6. The van der Waals surface area contributed by atoms with Crippen LogP contribution in [0.4, 0.5) is 4.39 Å². The van der Waals surface area contributed by atoms with Crippen LogP contribution < -0.4 is 5.73 Å². The zero-order chi connectivity index (χ0) is 12.5. The van der Waals surface area contributed by atoms with Crippen molar-refractivity contribution in [2.75, 3.05) is 0 Å². The summed E-state index contributed by atoms with van der Waals surface area (Å²) in [6.07, 6.45) is 0. The lowest BCUT2D eigenvalue weighted by atomic mass is 9.85. The average molecular weight is 229 g/mol. The minimum atomic E-state index is -0.671. The fourth-order valence-corrected chi connectivity index (χ4v) is 1.87. The van der Waals surface area contributed by atoms with Gasteiger partial charge in [0.15, 0.2) is 0 Å². The molecule has 2 rings (SSSR count). The van der Waals surface area contributed by atoms with E-state index >= 15 is 0 Å². The van der Waals surface area contributed by atoms with Crippen molar-refractivity contribution >= 4 is 0 Å². The van der Waals surface area contributed by atoms with Gasteiger partial charge in [0.25, 0.3) is 0 Å². The lowest BCUT2D eigenvalue weighted by molar-refractivity contribution is 0.577. The maximum absolute atomic E-state index is 13.6. The van der Waals surface area contributed by atoms with Crippen molar-refractivity contribution in [3.05, 3.63) is 71.0 Å². The summed E-state index contributed by atoms with van der Waals surface area (Å²) in [5.74, 6) is -0.213. The summed E-state index contributed by atoms with van der Waals surface area (Å²) in [6.45, 7) is 3.64. The molecular weight excluding hydrogens is 213 g/mol. The Bertz CT molecular complexity index is 518. The van der Waals surface area contributed by atoms with Gasteiger partial charge < -0.3 is 5.73 Å². The fraction of sp³-hybridized carbons (Fsp3) is 0.200. The van der Waals surface area contributed by atoms with E-state index in [4.69, 9.17) is 5.73 Å². The van der Waals surface area contributed by atoms with Crippen LogP contribution in [0, 0.1) is 12.7 Å². The summed E-state index contributed by atoms with van der Waals surface area (Å²) in [4.78, 5) is 0. The molecule has 0 aliphatic rings. The molecule has 0 aliphatic carbocycles. The van der Waals surface area contributed by atoms with E-state index in [-0.39, 0.29) is 5.82 Å². The summed E-state index contributed by atoms with van der Waals surface area (Å²) in [5.41, 5.74) is 8.04. The quantitative estimate of drug-likeness (QED) is 0.839. The van der Waals surface area contributed by atoms with Crippen LogP contribution >= 0.6 is 0 Å². The summed E-state index contributed by atoms with van der Waals surface area (Å²) >= 11 is 0. The number of rotatable bonds is 2. The molecule has 2 N–H and O–H groups in total. The third-order valence-electron chi connectivity index (χ3n) is 3.14. The standard InChI is InChI=1S/C15H16FN/c1-11-8-9-13(10-14(11)16)15(2,17)12-6-4-3-5-7-12/h3-10H,17H2,1-2H3. The van der Waals surface area contributed by atoms with E-state index < -0.39 is 5.54 Å². The van der Waals surface area contributed by atoms with Gasteiger partial charge in [-0.15, -0.1) is 0 Å². The Balaban J connectivity index is 2.48. The van der Waals surface area contributed by atoms with Gasteiger partial charge in [0.1, 0.15) is 5.82 Å². The maximum Gasteiger partial charge on any atom is 0.126 e. The minimum Gasteiger partial charge on any atom is -0.318 e. The number of hydrogen-bond acceptors (Lipinski definition) is 1. The molecule has 2 aromatic carbocycles. The second kappa shape index (κ2) is 4.30. The SMILES string of the molecule is Cc1ccc(C(C)(N)c2ccccc2)cc1F. The molecule has 0 bridgehead atoms. The Morgan fingerprint density at radius 3 is 2.24 bits per heavy atom. The smallest absolute Gasteiger partial charge is 0.126 e. The first-order valence-corrected chi connectivity index (χ1v) is 5.63.